The molecule has 8 heteroatoms. The number of carbonyl (C=O) groups is 2. The van der Waals surface area contributed by atoms with Crippen LogP contribution in [0.4, 0.5) is 14.9 Å². The predicted octanol–water partition coefficient (Wildman–Crippen LogP) is 0.264. The Morgan fingerprint density at radius 1 is 1.47 bits per heavy atom. The maximum Gasteiger partial charge on any atom is 0.334 e. The fraction of sp³-hybridized carbons (Fsp3) is 0.182. The van der Waals surface area contributed by atoms with Crippen LogP contribution in [0.3, 0.4) is 0 Å². The van der Waals surface area contributed by atoms with E-state index in [4.69, 9.17) is 15.5 Å². The number of nitrogens with zero attached hydrogens (tertiary/aromatic N) is 1. The number of aliphatic hydroxyl groups excluding tert-OH is 1. The number of carbonyl (C=O) groups excluding carboxylic acids is 1. The van der Waals surface area contributed by atoms with Crippen molar-refractivity contribution in [2.24, 2.45) is 0 Å². The molecule has 7 nitrogen and oxygen atoms in total. The van der Waals surface area contributed by atoms with Gasteiger partial charge in [0.05, 0.1) is 12.2 Å². The molecule has 0 radical (unpaired) electrons. The molecule has 0 aliphatic rings. The van der Waals surface area contributed by atoms with Crippen LogP contribution in [0.5, 0.6) is 0 Å². The standard InChI is InChI=1S/C11H10FN3O4/c12-7-2-1-3-8(6(7)4-13)15-11(19)14-5-9(16)10(17)18/h1-3,9,16H,5H2,(H,17,18)(H2,14,15,19)/t9-/m0/s1. The van der Waals surface area contributed by atoms with Crippen molar-refractivity contribution in [3.8, 4) is 6.07 Å². The van der Waals surface area contributed by atoms with E-state index in [1.165, 1.54) is 12.1 Å². The van der Waals surface area contributed by atoms with Gasteiger partial charge in [-0.25, -0.2) is 14.0 Å². The molecule has 2 amide bonds. The van der Waals surface area contributed by atoms with E-state index < -0.39 is 30.5 Å². The Hall–Kier alpha value is -2.66. The SMILES string of the molecule is N#Cc1c(F)cccc1NC(=O)NC[C@H](O)C(=O)O. The van der Waals surface area contributed by atoms with Crippen molar-refractivity contribution >= 4 is 17.7 Å². The first-order valence-electron chi connectivity index (χ1n) is 5.10. The lowest BCUT2D eigenvalue weighted by Gasteiger charge is -2.10. The van der Waals surface area contributed by atoms with E-state index in [1.54, 1.807) is 6.07 Å². The fourth-order valence-corrected chi connectivity index (χ4v) is 1.19. The highest BCUT2D eigenvalue weighted by Crippen LogP contribution is 2.17. The summed E-state index contributed by atoms with van der Waals surface area (Å²) < 4.78 is 13.2. The van der Waals surface area contributed by atoms with Crippen molar-refractivity contribution in [1.29, 1.82) is 5.26 Å². The van der Waals surface area contributed by atoms with Gasteiger partial charge >= 0.3 is 12.0 Å². The van der Waals surface area contributed by atoms with Gasteiger partial charge < -0.3 is 20.8 Å². The summed E-state index contributed by atoms with van der Waals surface area (Å²) in [6.07, 6.45) is -1.74. The number of aliphatic carboxylic acids is 1. The first kappa shape index (κ1) is 14.4. The number of aliphatic hydroxyl groups is 1. The molecule has 100 valence electrons. The number of benzene rings is 1. The Morgan fingerprint density at radius 2 is 2.16 bits per heavy atom. The van der Waals surface area contributed by atoms with E-state index >= 15 is 0 Å². The molecule has 1 rings (SSSR count). The molecule has 4 N–H and O–H groups in total. The minimum absolute atomic E-state index is 0.0511. The Labute approximate surface area is 107 Å². The van der Waals surface area contributed by atoms with Crippen LogP contribution < -0.4 is 10.6 Å². The highest BCUT2D eigenvalue weighted by molar-refractivity contribution is 5.91. The molecular weight excluding hydrogens is 257 g/mol. The summed E-state index contributed by atoms with van der Waals surface area (Å²) in [4.78, 5) is 21.7. The van der Waals surface area contributed by atoms with Crippen molar-refractivity contribution in [1.82, 2.24) is 5.32 Å². The van der Waals surface area contributed by atoms with Crippen molar-refractivity contribution in [3.63, 3.8) is 0 Å². The highest BCUT2D eigenvalue weighted by atomic mass is 19.1. The molecule has 1 aromatic carbocycles. The maximum atomic E-state index is 13.2. The molecule has 19 heavy (non-hydrogen) atoms. The van der Waals surface area contributed by atoms with Gasteiger partial charge in [-0.3, -0.25) is 0 Å². The van der Waals surface area contributed by atoms with Crippen molar-refractivity contribution in [2.75, 3.05) is 11.9 Å². The van der Waals surface area contributed by atoms with E-state index in [2.05, 4.69) is 10.6 Å². The summed E-state index contributed by atoms with van der Waals surface area (Å²) in [7, 11) is 0. The van der Waals surface area contributed by atoms with Crippen molar-refractivity contribution in [2.45, 2.75) is 6.10 Å². The van der Waals surface area contributed by atoms with Gasteiger partial charge in [0.15, 0.2) is 6.10 Å². The molecule has 1 atom stereocenters. The lowest BCUT2D eigenvalue weighted by atomic mass is 10.2. The number of rotatable bonds is 4. The third-order valence-corrected chi connectivity index (χ3v) is 2.11. The Bertz CT molecular complexity index is 541. The van der Waals surface area contributed by atoms with Gasteiger partial charge in [-0.2, -0.15) is 5.26 Å². The lowest BCUT2D eigenvalue weighted by molar-refractivity contribution is -0.146. The summed E-state index contributed by atoms with van der Waals surface area (Å²) >= 11 is 0. The normalized spacial score (nSPS) is 11.2. The molecule has 0 fully saturated rings. The van der Waals surface area contributed by atoms with Crippen LogP contribution in [-0.2, 0) is 4.79 Å². The van der Waals surface area contributed by atoms with Gasteiger partial charge in [0, 0.05) is 0 Å². The summed E-state index contributed by atoms with van der Waals surface area (Å²) in [6.45, 7) is -0.516. The Balaban J connectivity index is 2.66. The molecule has 0 aromatic heterocycles. The van der Waals surface area contributed by atoms with E-state index in [0.29, 0.717) is 0 Å². The van der Waals surface area contributed by atoms with Gasteiger partial charge in [-0.15, -0.1) is 0 Å². The predicted molar refractivity (Wildman–Crippen MR) is 61.8 cm³/mol. The number of carboxylic acid groups (broad SMARTS) is 1. The quantitative estimate of drug-likeness (QED) is 0.623. The molecule has 0 spiro atoms. The van der Waals surface area contributed by atoms with Crippen molar-refractivity contribution < 1.29 is 24.2 Å². The third kappa shape index (κ3) is 3.93. The summed E-state index contributed by atoms with van der Waals surface area (Å²) in [5.41, 5.74) is -0.388. The minimum atomic E-state index is -1.74. The van der Waals surface area contributed by atoms with Crippen LogP contribution in [0.15, 0.2) is 18.2 Å². The number of carboxylic acids is 1. The molecule has 1 aromatic rings. The first-order chi connectivity index (χ1) is 8.95. The average Bonchev–Trinajstić information content (AvgIpc) is 2.36. The molecule has 0 bridgehead atoms. The average molecular weight is 267 g/mol. The number of nitrogens with one attached hydrogen (secondary N) is 2. The molecular formula is C11H10FN3O4. The number of anilines is 1. The minimum Gasteiger partial charge on any atom is -0.479 e. The van der Waals surface area contributed by atoms with Crippen molar-refractivity contribution in [3.05, 3.63) is 29.6 Å². The number of amides is 2. The maximum absolute atomic E-state index is 13.2. The molecule has 0 unspecified atom stereocenters. The zero-order valence-corrected chi connectivity index (χ0v) is 9.55. The van der Waals surface area contributed by atoms with Gasteiger partial charge in [-0.1, -0.05) is 6.07 Å². The molecule has 0 aliphatic heterocycles. The number of halogens is 1. The first-order valence-corrected chi connectivity index (χ1v) is 5.10. The molecule has 0 heterocycles. The van der Waals surface area contributed by atoms with Gasteiger partial charge in [0.25, 0.3) is 0 Å². The van der Waals surface area contributed by atoms with E-state index in [1.807, 2.05) is 0 Å². The number of hydrogen-bond donors (Lipinski definition) is 4. The second kappa shape index (κ2) is 6.32. The summed E-state index contributed by atoms with van der Waals surface area (Å²) in [5, 5.41) is 30.3. The second-order valence-electron chi connectivity index (χ2n) is 3.46. The zero-order valence-electron chi connectivity index (χ0n) is 9.55. The van der Waals surface area contributed by atoms with Crippen LogP contribution in [0.1, 0.15) is 5.56 Å². The van der Waals surface area contributed by atoms with E-state index in [0.717, 1.165) is 6.07 Å². The fourth-order valence-electron chi connectivity index (χ4n) is 1.19. The third-order valence-electron chi connectivity index (χ3n) is 2.11. The molecule has 0 aliphatic carbocycles. The number of nitriles is 1. The monoisotopic (exact) mass is 267 g/mol. The smallest absolute Gasteiger partial charge is 0.334 e. The van der Waals surface area contributed by atoms with Gasteiger partial charge in [0.1, 0.15) is 17.4 Å². The highest BCUT2D eigenvalue weighted by Gasteiger charge is 2.15. The van der Waals surface area contributed by atoms with Crippen LogP contribution in [-0.4, -0.2) is 34.9 Å². The summed E-state index contributed by atoms with van der Waals surface area (Å²) in [6, 6.07) is 4.42. The van der Waals surface area contributed by atoms with Crippen LogP contribution >= 0.6 is 0 Å². The van der Waals surface area contributed by atoms with E-state index in [9.17, 15) is 14.0 Å². The number of urea groups is 1. The van der Waals surface area contributed by atoms with Crippen LogP contribution in [0.2, 0.25) is 0 Å². The zero-order chi connectivity index (χ0) is 14.4. The molecule has 0 saturated heterocycles. The van der Waals surface area contributed by atoms with Crippen LogP contribution in [0.25, 0.3) is 0 Å². The summed E-state index contributed by atoms with van der Waals surface area (Å²) in [5.74, 6) is -2.27. The van der Waals surface area contributed by atoms with Gasteiger partial charge in [0.2, 0.25) is 0 Å². The number of hydrogen-bond acceptors (Lipinski definition) is 4. The van der Waals surface area contributed by atoms with Crippen LogP contribution in [0, 0.1) is 17.1 Å². The molecule has 0 saturated carbocycles. The second-order valence-corrected chi connectivity index (χ2v) is 3.46. The van der Waals surface area contributed by atoms with Gasteiger partial charge in [-0.05, 0) is 12.1 Å². The van der Waals surface area contributed by atoms with E-state index in [-0.39, 0.29) is 11.3 Å². The lowest BCUT2D eigenvalue weighted by Crippen LogP contribution is -2.38. The topological polar surface area (TPSA) is 122 Å². The Morgan fingerprint density at radius 3 is 2.74 bits per heavy atom. The largest absolute Gasteiger partial charge is 0.479 e. The Kier molecular flexibility index (Phi) is 4.79.